The van der Waals surface area contributed by atoms with Crippen LogP contribution in [0.2, 0.25) is 0 Å². The molecule has 0 spiro atoms. The Labute approximate surface area is 97.2 Å². The molecule has 5 nitrogen and oxygen atoms in total. The second-order valence-electron chi connectivity index (χ2n) is 2.97. The number of benzene rings is 1. The summed E-state index contributed by atoms with van der Waals surface area (Å²) in [6.45, 7) is -1.21. The Kier molecular flexibility index (Phi) is 4.24. The third-order valence-electron chi connectivity index (χ3n) is 1.75. The molecule has 1 aromatic rings. The Hall–Kier alpha value is -1.41. The van der Waals surface area contributed by atoms with E-state index in [4.69, 9.17) is 9.88 Å². The first kappa shape index (κ1) is 13.7. The van der Waals surface area contributed by atoms with Crippen molar-refractivity contribution in [2.45, 2.75) is 18.4 Å². The van der Waals surface area contributed by atoms with Crippen LogP contribution < -0.4 is 14.6 Å². The molecule has 0 aliphatic heterocycles. The Balaban J connectivity index is 3.17. The normalized spacial score (nSPS) is 11.6. The quantitative estimate of drug-likeness (QED) is 0.873. The molecule has 0 bridgehead atoms. The molecule has 96 valence electrons. The van der Waals surface area contributed by atoms with Crippen LogP contribution in [0.25, 0.3) is 0 Å². The summed E-state index contributed by atoms with van der Waals surface area (Å²) >= 11 is 0. The first-order chi connectivity index (χ1) is 7.84. The molecule has 0 radical (unpaired) electrons. The molecule has 1 rings (SSSR count). The maximum absolute atomic E-state index is 12.0. The van der Waals surface area contributed by atoms with Gasteiger partial charge in [0.2, 0.25) is 10.0 Å². The van der Waals surface area contributed by atoms with Gasteiger partial charge < -0.3 is 9.47 Å². The second kappa shape index (κ2) is 5.28. The highest BCUT2D eigenvalue weighted by atomic mass is 32.2. The van der Waals surface area contributed by atoms with E-state index >= 15 is 0 Å². The zero-order chi connectivity index (χ0) is 13.1. The lowest BCUT2D eigenvalue weighted by molar-refractivity contribution is -0.0499. The number of nitrogens with two attached hydrogens (primary N) is 1. The summed E-state index contributed by atoms with van der Waals surface area (Å²) in [6, 6.07) is 3.18. The van der Waals surface area contributed by atoms with E-state index in [9.17, 15) is 17.2 Å². The average molecular weight is 267 g/mol. The maximum atomic E-state index is 12.0. The number of rotatable bonds is 5. The van der Waals surface area contributed by atoms with Crippen molar-refractivity contribution in [2.24, 2.45) is 5.14 Å². The summed E-state index contributed by atoms with van der Waals surface area (Å²) in [6.07, 6.45) is 0. The van der Waals surface area contributed by atoms with Gasteiger partial charge >= 0.3 is 6.61 Å². The van der Waals surface area contributed by atoms with Crippen LogP contribution in [0, 0.1) is 0 Å². The summed E-state index contributed by atoms with van der Waals surface area (Å²) in [5.41, 5.74) is 0. The van der Waals surface area contributed by atoms with Gasteiger partial charge in [0.25, 0.3) is 0 Å². The summed E-state index contributed by atoms with van der Waals surface area (Å²) < 4.78 is 55.4. The van der Waals surface area contributed by atoms with Crippen LogP contribution in [0.1, 0.15) is 6.92 Å². The molecular formula is C9H11F2NO4S. The second-order valence-corrected chi connectivity index (χ2v) is 4.49. The fourth-order valence-electron chi connectivity index (χ4n) is 1.17. The maximum Gasteiger partial charge on any atom is 0.387 e. The minimum atomic E-state index is -3.97. The Morgan fingerprint density at radius 1 is 1.41 bits per heavy atom. The van der Waals surface area contributed by atoms with E-state index in [1.165, 1.54) is 0 Å². The van der Waals surface area contributed by atoms with Gasteiger partial charge in [-0.2, -0.15) is 8.78 Å². The Morgan fingerprint density at radius 3 is 2.53 bits per heavy atom. The third-order valence-corrected chi connectivity index (χ3v) is 2.70. The minimum absolute atomic E-state index is 0.117. The van der Waals surface area contributed by atoms with Crippen LogP contribution in [-0.4, -0.2) is 21.6 Å². The first-order valence-electron chi connectivity index (χ1n) is 4.59. The van der Waals surface area contributed by atoms with Gasteiger partial charge in [-0.3, -0.25) is 0 Å². The zero-order valence-electron chi connectivity index (χ0n) is 8.89. The molecule has 0 aliphatic rings. The zero-order valence-corrected chi connectivity index (χ0v) is 9.71. The van der Waals surface area contributed by atoms with Gasteiger partial charge in [-0.25, -0.2) is 13.6 Å². The molecule has 0 fully saturated rings. The van der Waals surface area contributed by atoms with Crippen molar-refractivity contribution < 1.29 is 26.7 Å². The molecule has 8 heteroatoms. The van der Waals surface area contributed by atoms with Crippen LogP contribution in [0.3, 0.4) is 0 Å². The molecule has 0 atom stereocenters. The molecule has 0 heterocycles. The molecule has 0 aromatic heterocycles. The van der Waals surface area contributed by atoms with Gasteiger partial charge in [0.05, 0.1) is 6.61 Å². The molecule has 0 aliphatic carbocycles. The van der Waals surface area contributed by atoms with Gasteiger partial charge in [0, 0.05) is 6.07 Å². The van der Waals surface area contributed by atoms with E-state index in [2.05, 4.69) is 4.74 Å². The van der Waals surface area contributed by atoms with Crippen molar-refractivity contribution in [3.05, 3.63) is 18.2 Å². The Morgan fingerprint density at radius 2 is 2.06 bits per heavy atom. The van der Waals surface area contributed by atoms with Crippen molar-refractivity contribution in [2.75, 3.05) is 6.61 Å². The molecule has 0 amide bonds. The lowest BCUT2D eigenvalue weighted by atomic mass is 10.3. The lowest BCUT2D eigenvalue weighted by Gasteiger charge is -2.11. The molecule has 17 heavy (non-hydrogen) atoms. The highest BCUT2D eigenvalue weighted by Gasteiger charge is 2.17. The fourth-order valence-corrected chi connectivity index (χ4v) is 1.82. The summed E-state index contributed by atoms with van der Waals surface area (Å²) in [5, 5.41) is 4.94. The van der Waals surface area contributed by atoms with Crippen LogP contribution in [0.5, 0.6) is 11.5 Å². The number of primary sulfonamides is 1. The number of sulfonamides is 1. The van der Waals surface area contributed by atoms with Gasteiger partial charge in [0.1, 0.15) is 16.4 Å². The van der Waals surface area contributed by atoms with Gasteiger partial charge in [-0.05, 0) is 19.1 Å². The molecular weight excluding hydrogens is 256 g/mol. The van der Waals surface area contributed by atoms with Crippen LogP contribution in [0.15, 0.2) is 23.1 Å². The molecule has 1 aromatic carbocycles. The van der Waals surface area contributed by atoms with E-state index in [1.54, 1.807) is 6.92 Å². The van der Waals surface area contributed by atoms with Crippen LogP contribution in [0.4, 0.5) is 8.78 Å². The van der Waals surface area contributed by atoms with E-state index in [0.717, 1.165) is 18.2 Å². The van der Waals surface area contributed by atoms with Gasteiger partial charge in [-0.1, -0.05) is 0 Å². The highest BCUT2D eigenvalue weighted by molar-refractivity contribution is 7.89. The van der Waals surface area contributed by atoms with E-state index < -0.39 is 16.6 Å². The number of hydrogen-bond donors (Lipinski definition) is 1. The van der Waals surface area contributed by atoms with Crippen molar-refractivity contribution in [3.8, 4) is 11.5 Å². The lowest BCUT2D eigenvalue weighted by Crippen LogP contribution is -2.14. The average Bonchev–Trinajstić information content (AvgIpc) is 2.15. The van der Waals surface area contributed by atoms with Crippen molar-refractivity contribution in [3.63, 3.8) is 0 Å². The third kappa shape index (κ3) is 3.82. The monoisotopic (exact) mass is 267 g/mol. The number of hydrogen-bond acceptors (Lipinski definition) is 4. The smallest absolute Gasteiger partial charge is 0.387 e. The van der Waals surface area contributed by atoms with E-state index in [-0.39, 0.29) is 23.0 Å². The standard InChI is InChI=1S/C9H11F2NO4S/c1-2-15-7-5-6(16-9(10)11)3-4-8(7)17(12,13)14/h3-5,9H,2H2,1H3,(H2,12,13,14). The predicted octanol–water partition coefficient (Wildman–Crippen LogP) is 1.33. The van der Waals surface area contributed by atoms with Gasteiger partial charge in [0.15, 0.2) is 0 Å². The van der Waals surface area contributed by atoms with Crippen LogP contribution in [-0.2, 0) is 10.0 Å². The summed E-state index contributed by atoms with van der Waals surface area (Å²) in [5.74, 6) is -0.316. The number of alkyl halides is 2. The molecule has 0 unspecified atom stereocenters. The molecule has 0 saturated heterocycles. The number of halogens is 2. The fraction of sp³-hybridized carbons (Fsp3) is 0.333. The van der Waals surface area contributed by atoms with E-state index in [1.807, 2.05) is 0 Å². The molecule has 0 saturated carbocycles. The minimum Gasteiger partial charge on any atom is -0.492 e. The largest absolute Gasteiger partial charge is 0.492 e. The van der Waals surface area contributed by atoms with Crippen molar-refractivity contribution in [1.29, 1.82) is 0 Å². The van der Waals surface area contributed by atoms with Crippen molar-refractivity contribution in [1.82, 2.24) is 0 Å². The Bertz CT molecular complexity index is 490. The summed E-state index contributed by atoms with van der Waals surface area (Å²) in [7, 11) is -3.97. The summed E-state index contributed by atoms with van der Waals surface area (Å²) in [4.78, 5) is -0.277. The highest BCUT2D eigenvalue weighted by Crippen LogP contribution is 2.28. The predicted molar refractivity (Wildman–Crippen MR) is 55.6 cm³/mol. The van der Waals surface area contributed by atoms with Crippen molar-refractivity contribution >= 4 is 10.0 Å². The van der Waals surface area contributed by atoms with Gasteiger partial charge in [-0.15, -0.1) is 0 Å². The first-order valence-corrected chi connectivity index (χ1v) is 6.13. The van der Waals surface area contributed by atoms with Crippen LogP contribution >= 0.6 is 0 Å². The van der Waals surface area contributed by atoms with E-state index in [0.29, 0.717) is 0 Å². The number of ether oxygens (including phenoxy) is 2. The SMILES string of the molecule is CCOc1cc(OC(F)F)ccc1S(N)(=O)=O. The topological polar surface area (TPSA) is 78.6 Å². The molecule has 2 N–H and O–H groups in total.